The summed E-state index contributed by atoms with van der Waals surface area (Å²) in [6, 6.07) is 11.3. The second-order valence-corrected chi connectivity index (χ2v) is 4.40. The van der Waals surface area contributed by atoms with Crippen molar-refractivity contribution in [1.29, 1.82) is 0 Å². The molecule has 0 unspecified atom stereocenters. The van der Waals surface area contributed by atoms with Crippen molar-refractivity contribution in [3.8, 4) is 0 Å². The fourth-order valence-electron chi connectivity index (χ4n) is 1.75. The summed E-state index contributed by atoms with van der Waals surface area (Å²) in [5.74, 6) is -0.525. The van der Waals surface area contributed by atoms with E-state index in [0.29, 0.717) is 17.8 Å². The number of anilines is 1. The number of benzene rings is 2. The second kappa shape index (κ2) is 5.52. The van der Waals surface area contributed by atoms with E-state index in [0.717, 1.165) is 11.1 Å². The number of amides is 1. The molecule has 0 bridgehead atoms. The van der Waals surface area contributed by atoms with E-state index in [4.69, 9.17) is 5.73 Å². The maximum Gasteiger partial charge on any atom is 0.253 e. The van der Waals surface area contributed by atoms with Crippen molar-refractivity contribution < 1.29 is 9.18 Å². The number of carbonyl (C=O) groups is 1. The first-order valence-corrected chi connectivity index (χ1v) is 5.95. The van der Waals surface area contributed by atoms with Crippen molar-refractivity contribution in [2.45, 2.75) is 13.5 Å². The molecule has 0 radical (unpaired) electrons. The highest BCUT2D eigenvalue weighted by Gasteiger charge is 2.09. The Bertz CT molecular complexity index is 594. The smallest absolute Gasteiger partial charge is 0.253 e. The summed E-state index contributed by atoms with van der Waals surface area (Å²) in [6.07, 6.45) is 0. The zero-order valence-corrected chi connectivity index (χ0v) is 10.6. The number of carbonyl (C=O) groups excluding carboxylic acids is 1. The Labute approximate surface area is 111 Å². The molecule has 0 atom stereocenters. The van der Waals surface area contributed by atoms with Gasteiger partial charge in [0.15, 0.2) is 0 Å². The molecule has 0 aromatic heterocycles. The number of rotatable bonds is 3. The number of hydrogen-bond donors (Lipinski definition) is 2. The number of hydrogen-bond acceptors (Lipinski definition) is 2. The molecule has 0 saturated heterocycles. The maximum atomic E-state index is 12.7. The molecule has 0 fully saturated rings. The molecule has 2 aromatic carbocycles. The summed E-state index contributed by atoms with van der Waals surface area (Å²) in [6.45, 7) is 2.24. The van der Waals surface area contributed by atoms with Gasteiger partial charge in [-0.25, -0.2) is 4.39 Å². The normalized spacial score (nSPS) is 10.2. The molecule has 3 N–H and O–H groups in total. The zero-order valence-electron chi connectivity index (χ0n) is 10.6. The standard InChI is InChI=1S/C15H15FN2O/c1-10-2-7-14(17)13(8-10)15(19)18-9-11-3-5-12(16)6-4-11/h2-8H,9,17H2,1H3,(H,18,19). The highest BCUT2D eigenvalue weighted by molar-refractivity contribution is 5.99. The average molecular weight is 258 g/mol. The van der Waals surface area contributed by atoms with Gasteiger partial charge in [-0.15, -0.1) is 0 Å². The maximum absolute atomic E-state index is 12.7. The molecule has 19 heavy (non-hydrogen) atoms. The summed E-state index contributed by atoms with van der Waals surface area (Å²) in [5, 5.41) is 2.76. The molecule has 1 amide bonds. The van der Waals surface area contributed by atoms with Crippen LogP contribution in [0.25, 0.3) is 0 Å². The topological polar surface area (TPSA) is 55.1 Å². The Balaban J connectivity index is 2.05. The fraction of sp³-hybridized carbons (Fsp3) is 0.133. The van der Waals surface area contributed by atoms with E-state index in [1.165, 1.54) is 12.1 Å². The molecule has 2 rings (SSSR count). The van der Waals surface area contributed by atoms with Gasteiger partial charge in [0, 0.05) is 12.2 Å². The SMILES string of the molecule is Cc1ccc(N)c(C(=O)NCc2ccc(F)cc2)c1. The monoisotopic (exact) mass is 258 g/mol. The molecule has 4 heteroatoms. The molecule has 0 heterocycles. The van der Waals surface area contributed by atoms with Gasteiger partial charge in [-0.05, 0) is 36.8 Å². The van der Waals surface area contributed by atoms with Crippen molar-refractivity contribution in [2.75, 3.05) is 5.73 Å². The number of aryl methyl sites for hydroxylation is 1. The lowest BCUT2D eigenvalue weighted by atomic mass is 10.1. The Morgan fingerprint density at radius 3 is 2.58 bits per heavy atom. The lowest BCUT2D eigenvalue weighted by Crippen LogP contribution is -2.23. The quantitative estimate of drug-likeness (QED) is 0.831. The molecular weight excluding hydrogens is 243 g/mol. The lowest BCUT2D eigenvalue weighted by molar-refractivity contribution is 0.0951. The minimum atomic E-state index is -0.294. The molecule has 98 valence electrons. The number of nitrogens with two attached hydrogens (primary N) is 1. The van der Waals surface area contributed by atoms with Crippen molar-refractivity contribution >= 4 is 11.6 Å². The van der Waals surface area contributed by atoms with E-state index in [9.17, 15) is 9.18 Å². The van der Waals surface area contributed by atoms with Gasteiger partial charge in [-0.3, -0.25) is 4.79 Å². The Hall–Kier alpha value is -2.36. The van der Waals surface area contributed by atoms with Crippen LogP contribution < -0.4 is 11.1 Å². The third-order valence-corrected chi connectivity index (χ3v) is 2.82. The van der Waals surface area contributed by atoms with Crippen LogP contribution in [0.15, 0.2) is 42.5 Å². The van der Waals surface area contributed by atoms with Crippen LogP contribution in [-0.2, 0) is 6.54 Å². The van der Waals surface area contributed by atoms with Crippen LogP contribution in [0.4, 0.5) is 10.1 Å². The van der Waals surface area contributed by atoms with Gasteiger partial charge >= 0.3 is 0 Å². The second-order valence-electron chi connectivity index (χ2n) is 4.40. The predicted molar refractivity (Wildman–Crippen MR) is 73.2 cm³/mol. The average Bonchev–Trinajstić information content (AvgIpc) is 2.40. The third kappa shape index (κ3) is 3.31. The molecule has 0 spiro atoms. The van der Waals surface area contributed by atoms with Crippen LogP contribution in [0.1, 0.15) is 21.5 Å². The van der Waals surface area contributed by atoms with E-state index < -0.39 is 0 Å². The Morgan fingerprint density at radius 1 is 1.21 bits per heavy atom. The number of halogens is 1. The first kappa shape index (κ1) is 13.1. The van der Waals surface area contributed by atoms with Gasteiger partial charge in [-0.2, -0.15) is 0 Å². The van der Waals surface area contributed by atoms with Gasteiger partial charge in [0.2, 0.25) is 0 Å². The number of nitrogens with one attached hydrogen (secondary N) is 1. The van der Waals surface area contributed by atoms with Crippen LogP contribution in [0.3, 0.4) is 0 Å². The highest BCUT2D eigenvalue weighted by atomic mass is 19.1. The van der Waals surface area contributed by atoms with E-state index in [-0.39, 0.29) is 11.7 Å². The van der Waals surface area contributed by atoms with Gasteiger partial charge in [0.05, 0.1) is 5.56 Å². The van der Waals surface area contributed by atoms with Crippen molar-refractivity contribution in [1.82, 2.24) is 5.32 Å². The van der Waals surface area contributed by atoms with E-state index >= 15 is 0 Å². The Morgan fingerprint density at radius 2 is 1.89 bits per heavy atom. The molecule has 0 saturated carbocycles. The lowest BCUT2D eigenvalue weighted by Gasteiger charge is -2.08. The minimum absolute atomic E-state index is 0.231. The first-order valence-electron chi connectivity index (χ1n) is 5.95. The molecule has 3 nitrogen and oxygen atoms in total. The summed E-state index contributed by atoms with van der Waals surface area (Å²) in [5.41, 5.74) is 8.48. The van der Waals surface area contributed by atoms with Crippen molar-refractivity contribution in [3.63, 3.8) is 0 Å². The van der Waals surface area contributed by atoms with Crippen LogP contribution in [-0.4, -0.2) is 5.91 Å². The summed E-state index contributed by atoms with van der Waals surface area (Å²) in [4.78, 5) is 12.0. The van der Waals surface area contributed by atoms with Crippen LogP contribution >= 0.6 is 0 Å². The molecule has 0 aliphatic heterocycles. The zero-order chi connectivity index (χ0) is 13.8. The minimum Gasteiger partial charge on any atom is -0.398 e. The predicted octanol–water partition coefficient (Wildman–Crippen LogP) is 2.65. The van der Waals surface area contributed by atoms with E-state index in [2.05, 4.69) is 5.32 Å². The summed E-state index contributed by atoms with van der Waals surface area (Å²) in [7, 11) is 0. The molecule has 2 aromatic rings. The van der Waals surface area contributed by atoms with Gasteiger partial charge < -0.3 is 11.1 Å². The van der Waals surface area contributed by atoms with Gasteiger partial charge in [0.25, 0.3) is 5.91 Å². The third-order valence-electron chi connectivity index (χ3n) is 2.82. The van der Waals surface area contributed by atoms with Gasteiger partial charge in [-0.1, -0.05) is 23.8 Å². The number of nitrogen functional groups attached to an aromatic ring is 1. The molecular formula is C15H15FN2O. The van der Waals surface area contributed by atoms with Crippen LogP contribution in [0, 0.1) is 12.7 Å². The van der Waals surface area contributed by atoms with E-state index in [1.54, 1.807) is 24.3 Å². The van der Waals surface area contributed by atoms with Crippen molar-refractivity contribution in [2.24, 2.45) is 0 Å². The highest BCUT2D eigenvalue weighted by Crippen LogP contribution is 2.13. The van der Waals surface area contributed by atoms with E-state index in [1.807, 2.05) is 13.0 Å². The molecule has 0 aliphatic carbocycles. The Kier molecular flexibility index (Phi) is 3.80. The summed E-state index contributed by atoms with van der Waals surface area (Å²) < 4.78 is 12.7. The summed E-state index contributed by atoms with van der Waals surface area (Å²) >= 11 is 0. The van der Waals surface area contributed by atoms with Crippen LogP contribution in [0.5, 0.6) is 0 Å². The first-order chi connectivity index (χ1) is 9.06. The fourth-order valence-corrected chi connectivity index (χ4v) is 1.75. The molecule has 0 aliphatic rings. The van der Waals surface area contributed by atoms with Crippen LogP contribution in [0.2, 0.25) is 0 Å². The van der Waals surface area contributed by atoms with Crippen molar-refractivity contribution in [3.05, 3.63) is 65.0 Å². The van der Waals surface area contributed by atoms with Gasteiger partial charge in [0.1, 0.15) is 5.82 Å². The largest absolute Gasteiger partial charge is 0.398 e.